The van der Waals surface area contributed by atoms with Gasteiger partial charge in [0.05, 0.1) is 9.13 Å². The van der Waals surface area contributed by atoms with E-state index >= 15 is 0 Å². The second kappa shape index (κ2) is 3.38. The van der Waals surface area contributed by atoms with Crippen molar-refractivity contribution >= 4 is 28.4 Å². The number of pyridine rings is 1. The summed E-state index contributed by atoms with van der Waals surface area (Å²) in [6.07, 6.45) is -2.66. The molecule has 0 amide bonds. The number of hydrogen-bond acceptors (Lipinski definition) is 2. The van der Waals surface area contributed by atoms with Crippen LogP contribution in [0.1, 0.15) is 12.0 Å². The van der Waals surface area contributed by atoms with E-state index in [1.165, 1.54) is 0 Å². The molecule has 0 saturated heterocycles. The first-order valence-electron chi connectivity index (χ1n) is 2.98. The molecule has 66 valence electrons. The topological polar surface area (TPSA) is 58.9 Å². The number of anilines is 1. The number of nitrogens with one attached hydrogen (secondary N) is 1. The molecule has 1 aromatic heterocycles. The molecule has 0 fully saturated rings. The van der Waals surface area contributed by atoms with Gasteiger partial charge in [-0.2, -0.15) is 0 Å². The molecule has 0 atom stereocenters. The average Bonchev–Trinajstić information content (AvgIpc) is 1.96. The average molecular weight is 286 g/mol. The van der Waals surface area contributed by atoms with Crippen LogP contribution in [0.2, 0.25) is 0 Å². The normalized spacial score (nSPS) is 10.7. The van der Waals surface area contributed by atoms with Crippen LogP contribution in [0.15, 0.2) is 10.9 Å². The van der Waals surface area contributed by atoms with Gasteiger partial charge in [-0.05, 0) is 28.7 Å². The molecule has 0 saturated carbocycles. The standard InChI is InChI=1S/C6H5F2IN2O/c7-4(8)2-1-3(9)6(12)11-5(2)10/h1,4H,(H3,10,11,12). The summed E-state index contributed by atoms with van der Waals surface area (Å²) < 4.78 is 24.5. The van der Waals surface area contributed by atoms with E-state index in [0.29, 0.717) is 0 Å². The summed E-state index contributed by atoms with van der Waals surface area (Å²) in [5, 5.41) is 0. The van der Waals surface area contributed by atoms with Gasteiger partial charge in [0, 0.05) is 0 Å². The van der Waals surface area contributed by atoms with Gasteiger partial charge in [-0.15, -0.1) is 0 Å². The number of halogens is 3. The lowest BCUT2D eigenvalue weighted by atomic mass is 10.3. The molecule has 3 nitrogen and oxygen atoms in total. The van der Waals surface area contributed by atoms with E-state index in [1.54, 1.807) is 22.6 Å². The first-order chi connectivity index (χ1) is 5.52. The Hall–Kier alpha value is -0.660. The highest BCUT2D eigenvalue weighted by Gasteiger charge is 2.13. The number of nitrogen functional groups attached to an aromatic ring is 1. The van der Waals surface area contributed by atoms with Gasteiger partial charge in [-0.3, -0.25) is 4.79 Å². The lowest BCUT2D eigenvalue weighted by Crippen LogP contribution is -2.14. The summed E-state index contributed by atoms with van der Waals surface area (Å²) in [6, 6.07) is 1.08. The van der Waals surface area contributed by atoms with E-state index < -0.39 is 12.0 Å². The molecule has 0 aliphatic rings. The molecule has 0 radical (unpaired) electrons. The molecule has 0 aromatic carbocycles. The van der Waals surface area contributed by atoms with Crippen LogP contribution in [0.4, 0.5) is 14.6 Å². The molecule has 0 spiro atoms. The Morgan fingerprint density at radius 3 is 2.67 bits per heavy atom. The Bertz CT molecular complexity index is 350. The Balaban J connectivity index is 3.33. The first-order valence-corrected chi connectivity index (χ1v) is 4.06. The van der Waals surface area contributed by atoms with E-state index in [-0.39, 0.29) is 15.0 Å². The molecular weight excluding hydrogens is 281 g/mol. The van der Waals surface area contributed by atoms with Crippen molar-refractivity contribution in [3.63, 3.8) is 0 Å². The molecular formula is C6H5F2IN2O. The maximum absolute atomic E-state index is 12.1. The zero-order valence-corrected chi connectivity index (χ0v) is 7.93. The van der Waals surface area contributed by atoms with Crippen molar-refractivity contribution in [2.45, 2.75) is 6.43 Å². The van der Waals surface area contributed by atoms with E-state index in [9.17, 15) is 13.6 Å². The van der Waals surface area contributed by atoms with Crippen molar-refractivity contribution in [2.75, 3.05) is 5.73 Å². The summed E-state index contributed by atoms with van der Waals surface area (Å²) in [5.41, 5.74) is 4.37. The maximum Gasteiger partial charge on any atom is 0.267 e. The van der Waals surface area contributed by atoms with Crippen LogP contribution in [-0.2, 0) is 0 Å². The second-order valence-corrected chi connectivity index (χ2v) is 3.28. The van der Waals surface area contributed by atoms with Gasteiger partial charge >= 0.3 is 0 Å². The molecule has 12 heavy (non-hydrogen) atoms. The third-order valence-electron chi connectivity index (χ3n) is 1.29. The first kappa shape index (κ1) is 9.43. The third kappa shape index (κ3) is 1.74. The van der Waals surface area contributed by atoms with Crippen LogP contribution in [0.25, 0.3) is 0 Å². The van der Waals surface area contributed by atoms with Gasteiger partial charge in [-0.25, -0.2) is 8.78 Å². The van der Waals surface area contributed by atoms with Crippen LogP contribution in [0.5, 0.6) is 0 Å². The summed E-state index contributed by atoms with van der Waals surface area (Å²) in [5.74, 6) is -0.268. The Kier molecular flexibility index (Phi) is 2.65. The molecule has 3 N–H and O–H groups in total. The van der Waals surface area contributed by atoms with E-state index in [4.69, 9.17) is 5.73 Å². The zero-order valence-electron chi connectivity index (χ0n) is 5.77. The van der Waals surface area contributed by atoms with Crippen molar-refractivity contribution in [3.05, 3.63) is 25.6 Å². The van der Waals surface area contributed by atoms with Gasteiger partial charge in [0.15, 0.2) is 0 Å². The number of rotatable bonds is 1. The molecule has 6 heteroatoms. The van der Waals surface area contributed by atoms with Gasteiger partial charge in [0.25, 0.3) is 12.0 Å². The molecule has 0 bridgehead atoms. The fraction of sp³-hybridized carbons (Fsp3) is 0.167. The zero-order chi connectivity index (χ0) is 9.30. The molecule has 0 unspecified atom stereocenters. The lowest BCUT2D eigenvalue weighted by Gasteiger charge is -2.03. The highest BCUT2D eigenvalue weighted by Crippen LogP contribution is 2.22. The van der Waals surface area contributed by atoms with Gasteiger partial charge < -0.3 is 10.7 Å². The Morgan fingerprint density at radius 2 is 2.17 bits per heavy atom. The Labute approximate surface area is 80.1 Å². The number of H-pyrrole nitrogens is 1. The summed E-state index contributed by atoms with van der Waals surface area (Å²) in [7, 11) is 0. The summed E-state index contributed by atoms with van der Waals surface area (Å²) in [4.78, 5) is 12.9. The van der Waals surface area contributed by atoms with Crippen molar-refractivity contribution in [1.82, 2.24) is 4.98 Å². The fourth-order valence-electron chi connectivity index (χ4n) is 0.715. The van der Waals surface area contributed by atoms with Crippen molar-refractivity contribution < 1.29 is 8.78 Å². The minimum absolute atomic E-state index is 0.206. The highest BCUT2D eigenvalue weighted by atomic mass is 127. The minimum Gasteiger partial charge on any atom is -0.385 e. The summed E-state index contributed by atoms with van der Waals surface area (Å²) >= 11 is 1.67. The molecule has 1 rings (SSSR count). The van der Waals surface area contributed by atoms with Crippen LogP contribution < -0.4 is 11.3 Å². The predicted molar refractivity (Wildman–Crippen MR) is 49.1 cm³/mol. The second-order valence-electron chi connectivity index (χ2n) is 2.12. The number of nitrogens with two attached hydrogens (primary N) is 1. The number of alkyl halides is 2. The lowest BCUT2D eigenvalue weighted by molar-refractivity contribution is 0.152. The quantitative estimate of drug-likeness (QED) is 0.769. The number of hydrogen-bond donors (Lipinski definition) is 2. The van der Waals surface area contributed by atoms with Crippen LogP contribution in [0, 0.1) is 3.57 Å². The van der Waals surface area contributed by atoms with Gasteiger partial charge in [-0.1, -0.05) is 0 Å². The van der Waals surface area contributed by atoms with E-state index in [1.807, 2.05) is 0 Å². The highest BCUT2D eigenvalue weighted by molar-refractivity contribution is 14.1. The van der Waals surface area contributed by atoms with Gasteiger partial charge in [0.2, 0.25) is 0 Å². The number of aromatic amines is 1. The van der Waals surface area contributed by atoms with Crippen molar-refractivity contribution in [3.8, 4) is 0 Å². The molecule has 1 heterocycles. The molecule has 1 aromatic rings. The van der Waals surface area contributed by atoms with E-state index in [2.05, 4.69) is 4.98 Å². The fourth-order valence-corrected chi connectivity index (χ4v) is 1.18. The Morgan fingerprint density at radius 1 is 1.58 bits per heavy atom. The maximum atomic E-state index is 12.1. The third-order valence-corrected chi connectivity index (χ3v) is 2.09. The summed E-state index contributed by atoms with van der Waals surface area (Å²) in [6.45, 7) is 0. The number of aromatic nitrogens is 1. The van der Waals surface area contributed by atoms with Crippen LogP contribution in [0.3, 0.4) is 0 Å². The van der Waals surface area contributed by atoms with Crippen LogP contribution >= 0.6 is 22.6 Å². The minimum atomic E-state index is -2.66. The van der Waals surface area contributed by atoms with Crippen LogP contribution in [-0.4, -0.2) is 4.98 Å². The smallest absolute Gasteiger partial charge is 0.267 e. The van der Waals surface area contributed by atoms with Crippen molar-refractivity contribution in [1.29, 1.82) is 0 Å². The molecule has 0 aliphatic carbocycles. The monoisotopic (exact) mass is 286 g/mol. The van der Waals surface area contributed by atoms with Crippen molar-refractivity contribution in [2.24, 2.45) is 0 Å². The SMILES string of the molecule is Nc1[nH]c(=O)c(I)cc1C(F)F. The van der Waals surface area contributed by atoms with Gasteiger partial charge in [0.1, 0.15) is 5.82 Å². The molecule has 0 aliphatic heterocycles. The largest absolute Gasteiger partial charge is 0.385 e. The van der Waals surface area contributed by atoms with E-state index in [0.717, 1.165) is 6.07 Å². The predicted octanol–water partition coefficient (Wildman–Crippen LogP) is 1.50.